The number of nitrogens with one attached hydrogen (secondary N) is 1. The Morgan fingerprint density at radius 1 is 1.28 bits per heavy atom. The van der Waals surface area contributed by atoms with Crippen LogP contribution in [0.15, 0.2) is 22.7 Å². The van der Waals surface area contributed by atoms with Crippen molar-refractivity contribution in [2.45, 2.75) is 6.92 Å². The van der Waals surface area contributed by atoms with E-state index in [1.807, 2.05) is 6.92 Å². The molecule has 0 unspecified atom stereocenters. The van der Waals surface area contributed by atoms with E-state index >= 15 is 0 Å². The van der Waals surface area contributed by atoms with Gasteiger partial charge in [-0.25, -0.2) is 14.4 Å². The summed E-state index contributed by atoms with van der Waals surface area (Å²) in [6.45, 7) is 1.90. The van der Waals surface area contributed by atoms with Crippen LogP contribution in [0.3, 0.4) is 0 Å². The van der Waals surface area contributed by atoms with Crippen molar-refractivity contribution >= 4 is 44.3 Å². The molecule has 1 aromatic heterocycles. The number of rotatable bonds is 2. The summed E-state index contributed by atoms with van der Waals surface area (Å²) in [5, 5.41) is 3.01. The van der Waals surface area contributed by atoms with Gasteiger partial charge in [0.25, 0.3) is 0 Å². The highest BCUT2D eigenvalue weighted by molar-refractivity contribution is 14.1. The number of halogens is 3. The Balaban J connectivity index is 2.60. The fraction of sp³-hybridized carbons (Fsp3) is 0.167. The lowest BCUT2D eigenvalue weighted by Crippen LogP contribution is -2.02. The van der Waals surface area contributed by atoms with E-state index in [0.29, 0.717) is 15.9 Å². The van der Waals surface area contributed by atoms with Crippen LogP contribution in [-0.4, -0.2) is 17.0 Å². The van der Waals surface area contributed by atoms with Crippen LogP contribution in [0.4, 0.5) is 10.2 Å². The minimum absolute atomic E-state index is 0.315. The number of hydrogen-bond donors (Lipinski definition) is 1. The van der Waals surface area contributed by atoms with Gasteiger partial charge < -0.3 is 5.32 Å². The van der Waals surface area contributed by atoms with Crippen molar-refractivity contribution in [2.24, 2.45) is 0 Å². The Bertz CT molecular complexity index is 584. The monoisotopic (exact) mass is 421 g/mol. The average Bonchev–Trinajstić information content (AvgIpc) is 2.31. The van der Waals surface area contributed by atoms with E-state index in [1.165, 1.54) is 12.1 Å². The third-order valence-corrected chi connectivity index (χ3v) is 4.12. The predicted octanol–water partition coefficient (Wildman–Crippen LogP) is 4.00. The normalized spacial score (nSPS) is 10.5. The molecule has 2 rings (SSSR count). The number of aromatic nitrogens is 2. The molecule has 0 saturated heterocycles. The lowest BCUT2D eigenvalue weighted by molar-refractivity contribution is 0.627. The number of nitrogens with zero attached hydrogens (tertiary/aromatic N) is 2. The first-order valence-corrected chi connectivity index (χ1v) is 7.07. The third kappa shape index (κ3) is 2.80. The maximum Gasteiger partial charge on any atom is 0.161 e. The molecule has 6 heteroatoms. The van der Waals surface area contributed by atoms with Crippen molar-refractivity contribution < 1.29 is 4.39 Å². The molecule has 0 aliphatic heterocycles. The zero-order valence-corrected chi connectivity index (χ0v) is 13.5. The molecule has 0 amide bonds. The van der Waals surface area contributed by atoms with Crippen LogP contribution in [0, 0.1) is 16.3 Å². The molecule has 1 N–H and O–H groups in total. The maximum atomic E-state index is 13.4. The van der Waals surface area contributed by atoms with E-state index in [-0.39, 0.29) is 5.82 Å². The molecule has 2 aromatic rings. The molecule has 0 atom stereocenters. The molecule has 0 spiro atoms. The van der Waals surface area contributed by atoms with Crippen molar-refractivity contribution in [1.82, 2.24) is 9.97 Å². The summed E-state index contributed by atoms with van der Waals surface area (Å²) in [5.41, 5.74) is 1.52. The summed E-state index contributed by atoms with van der Waals surface area (Å²) in [5.74, 6) is 0.945. The molecule has 0 aliphatic carbocycles. The van der Waals surface area contributed by atoms with Crippen LogP contribution >= 0.6 is 38.5 Å². The number of anilines is 1. The average molecular weight is 422 g/mol. The molecular formula is C12H10BrFIN3. The van der Waals surface area contributed by atoms with Crippen LogP contribution < -0.4 is 5.32 Å². The highest BCUT2D eigenvalue weighted by Gasteiger charge is 2.11. The lowest BCUT2D eigenvalue weighted by atomic mass is 10.2. The molecule has 3 nitrogen and oxygen atoms in total. The molecule has 0 fully saturated rings. The van der Waals surface area contributed by atoms with E-state index in [4.69, 9.17) is 0 Å². The fourth-order valence-corrected chi connectivity index (χ4v) is 2.51. The molecule has 94 valence electrons. The van der Waals surface area contributed by atoms with Crippen molar-refractivity contribution in [3.8, 4) is 11.4 Å². The maximum absolute atomic E-state index is 13.4. The summed E-state index contributed by atoms with van der Waals surface area (Å²) < 4.78 is 15.0. The largest absolute Gasteiger partial charge is 0.372 e. The minimum atomic E-state index is -0.315. The summed E-state index contributed by atoms with van der Waals surface area (Å²) in [6.07, 6.45) is 0. The summed E-state index contributed by atoms with van der Waals surface area (Å²) in [6, 6.07) is 4.62. The summed E-state index contributed by atoms with van der Waals surface area (Å²) in [4.78, 5) is 8.77. The van der Waals surface area contributed by atoms with E-state index in [9.17, 15) is 4.39 Å². The van der Waals surface area contributed by atoms with E-state index in [1.54, 1.807) is 13.1 Å². The second kappa shape index (κ2) is 5.48. The molecule has 0 aliphatic rings. The Hall–Kier alpha value is -0.760. The van der Waals surface area contributed by atoms with Crippen LogP contribution in [0.2, 0.25) is 0 Å². The molecule has 18 heavy (non-hydrogen) atoms. The molecule has 0 bridgehead atoms. The second-order valence-electron chi connectivity index (χ2n) is 3.70. The van der Waals surface area contributed by atoms with Gasteiger partial charge in [0, 0.05) is 17.1 Å². The minimum Gasteiger partial charge on any atom is -0.372 e. The first kappa shape index (κ1) is 13.7. The number of benzene rings is 1. The molecule has 0 saturated carbocycles. The SMILES string of the molecule is CNc1nc(-c2cc(F)cc(Br)c2)nc(C)c1I. The molecular weight excluding hydrogens is 412 g/mol. The first-order chi connectivity index (χ1) is 8.51. The number of aryl methyl sites for hydroxylation is 1. The third-order valence-electron chi connectivity index (χ3n) is 2.37. The van der Waals surface area contributed by atoms with E-state index in [0.717, 1.165) is 15.1 Å². The van der Waals surface area contributed by atoms with Crippen molar-refractivity contribution in [1.29, 1.82) is 0 Å². The van der Waals surface area contributed by atoms with Gasteiger partial charge in [-0.05, 0) is 47.7 Å². The molecule has 1 aromatic carbocycles. The second-order valence-corrected chi connectivity index (χ2v) is 5.70. The molecule has 0 radical (unpaired) electrons. The molecule has 1 heterocycles. The van der Waals surface area contributed by atoms with Gasteiger partial charge >= 0.3 is 0 Å². The van der Waals surface area contributed by atoms with Gasteiger partial charge in [-0.1, -0.05) is 15.9 Å². The zero-order chi connectivity index (χ0) is 13.3. The topological polar surface area (TPSA) is 37.8 Å². The lowest BCUT2D eigenvalue weighted by Gasteiger charge is -2.09. The Labute approximate surface area is 127 Å². The Kier molecular flexibility index (Phi) is 4.16. The fourth-order valence-electron chi connectivity index (χ4n) is 1.54. The Morgan fingerprint density at radius 3 is 2.61 bits per heavy atom. The van der Waals surface area contributed by atoms with Gasteiger partial charge in [-0.3, -0.25) is 0 Å². The van der Waals surface area contributed by atoms with Gasteiger partial charge in [0.05, 0.1) is 9.26 Å². The predicted molar refractivity (Wildman–Crippen MR) is 82.1 cm³/mol. The van der Waals surface area contributed by atoms with E-state index < -0.39 is 0 Å². The highest BCUT2D eigenvalue weighted by Crippen LogP contribution is 2.26. The quantitative estimate of drug-likeness (QED) is 0.744. The van der Waals surface area contributed by atoms with Crippen LogP contribution in [0.5, 0.6) is 0 Å². The summed E-state index contributed by atoms with van der Waals surface area (Å²) in [7, 11) is 1.80. The summed E-state index contributed by atoms with van der Waals surface area (Å²) >= 11 is 5.45. The van der Waals surface area contributed by atoms with Crippen molar-refractivity contribution in [3.05, 3.63) is 37.8 Å². The van der Waals surface area contributed by atoms with Gasteiger partial charge in [0.15, 0.2) is 5.82 Å². The standard InChI is InChI=1S/C12H10BrFIN3/c1-6-10(15)12(16-2)18-11(17-6)7-3-8(13)5-9(14)4-7/h3-5H,1-2H3,(H,16,17,18). The van der Waals surface area contributed by atoms with Gasteiger partial charge in [-0.2, -0.15) is 0 Å². The number of hydrogen-bond acceptors (Lipinski definition) is 3. The van der Waals surface area contributed by atoms with Gasteiger partial charge in [0.1, 0.15) is 11.6 Å². The van der Waals surface area contributed by atoms with Crippen molar-refractivity contribution in [3.63, 3.8) is 0 Å². The smallest absolute Gasteiger partial charge is 0.161 e. The van der Waals surface area contributed by atoms with Crippen LogP contribution in [0.25, 0.3) is 11.4 Å². The van der Waals surface area contributed by atoms with Crippen LogP contribution in [-0.2, 0) is 0 Å². The van der Waals surface area contributed by atoms with Gasteiger partial charge in [0.2, 0.25) is 0 Å². The Morgan fingerprint density at radius 2 is 2.00 bits per heavy atom. The first-order valence-electron chi connectivity index (χ1n) is 5.19. The highest BCUT2D eigenvalue weighted by atomic mass is 127. The zero-order valence-electron chi connectivity index (χ0n) is 9.76. The van der Waals surface area contributed by atoms with Crippen molar-refractivity contribution in [2.75, 3.05) is 12.4 Å². The van der Waals surface area contributed by atoms with Gasteiger partial charge in [-0.15, -0.1) is 0 Å². The van der Waals surface area contributed by atoms with E-state index in [2.05, 4.69) is 53.8 Å². The van der Waals surface area contributed by atoms with Crippen LogP contribution in [0.1, 0.15) is 5.69 Å².